The van der Waals surface area contributed by atoms with E-state index in [0.29, 0.717) is 5.75 Å². The molecule has 1 aliphatic rings. The van der Waals surface area contributed by atoms with Crippen LogP contribution in [0.5, 0.6) is 0 Å². The fourth-order valence-corrected chi connectivity index (χ4v) is 4.50. The Kier molecular flexibility index (Phi) is 4.48. The fraction of sp³-hybridized carbons (Fsp3) is 0.227. The summed E-state index contributed by atoms with van der Waals surface area (Å²) in [6.07, 6.45) is 3.34. The van der Waals surface area contributed by atoms with Gasteiger partial charge in [0.15, 0.2) is 5.78 Å². The predicted molar refractivity (Wildman–Crippen MR) is 111 cm³/mol. The molecule has 0 saturated carbocycles. The molecule has 0 spiro atoms. The third kappa shape index (κ3) is 3.12. The highest BCUT2D eigenvalue weighted by atomic mass is 32.2. The van der Waals surface area contributed by atoms with Gasteiger partial charge in [-0.3, -0.25) is 4.79 Å². The molecule has 0 N–H and O–H groups in total. The molecular weight excluding hydrogens is 354 g/mol. The number of anilines is 1. The quantitative estimate of drug-likeness (QED) is 0.379. The number of likely N-dealkylation sites (N-methyl/N-ethyl adjacent to an activating group) is 1. The molecule has 3 aromatic rings. The van der Waals surface area contributed by atoms with Crippen molar-refractivity contribution in [3.8, 4) is 0 Å². The van der Waals surface area contributed by atoms with Crippen molar-refractivity contribution in [3.05, 3.63) is 72.2 Å². The second-order valence-electron chi connectivity index (χ2n) is 7.18. The van der Waals surface area contributed by atoms with Crippen LogP contribution in [0.1, 0.15) is 19.4 Å². The summed E-state index contributed by atoms with van der Waals surface area (Å²) in [5.41, 5.74) is 4.15. The van der Waals surface area contributed by atoms with E-state index in [9.17, 15) is 4.79 Å². The molecule has 1 aliphatic heterocycles. The third-order valence-corrected chi connectivity index (χ3v) is 6.12. The topological polar surface area (TPSA) is 46.1 Å². The van der Waals surface area contributed by atoms with Crippen molar-refractivity contribution in [1.29, 1.82) is 0 Å². The molecule has 0 unspecified atom stereocenters. The SMILES string of the molecule is CN1C(=CC(=O)CSc2ncnc3ccccc23)C(C)(C)c2ccccc21. The summed E-state index contributed by atoms with van der Waals surface area (Å²) in [6.45, 7) is 4.33. The molecule has 136 valence electrons. The molecule has 2 aromatic carbocycles. The lowest BCUT2D eigenvalue weighted by atomic mass is 9.83. The Hall–Kier alpha value is -2.66. The maximum absolute atomic E-state index is 12.7. The first-order valence-corrected chi connectivity index (χ1v) is 9.88. The molecule has 27 heavy (non-hydrogen) atoms. The van der Waals surface area contributed by atoms with E-state index in [0.717, 1.165) is 27.3 Å². The number of rotatable bonds is 4. The lowest BCUT2D eigenvalue weighted by Gasteiger charge is -2.23. The van der Waals surface area contributed by atoms with E-state index < -0.39 is 0 Å². The molecule has 0 saturated heterocycles. The van der Waals surface area contributed by atoms with Crippen molar-refractivity contribution in [2.75, 3.05) is 17.7 Å². The number of benzene rings is 2. The van der Waals surface area contributed by atoms with Gasteiger partial charge in [-0.15, -0.1) is 0 Å². The Labute approximate surface area is 163 Å². The van der Waals surface area contributed by atoms with Crippen molar-refractivity contribution in [2.45, 2.75) is 24.3 Å². The van der Waals surface area contributed by atoms with Gasteiger partial charge in [-0.1, -0.05) is 62.0 Å². The number of nitrogens with zero attached hydrogens (tertiary/aromatic N) is 3. The van der Waals surface area contributed by atoms with Crippen LogP contribution in [0.15, 0.2) is 71.7 Å². The first-order valence-electron chi connectivity index (χ1n) is 8.89. The van der Waals surface area contributed by atoms with E-state index in [1.54, 1.807) is 12.4 Å². The van der Waals surface area contributed by atoms with Crippen LogP contribution < -0.4 is 4.90 Å². The van der Waals surface area contributed by atoms with Crippen LogP contribution in [0.2, 0.25) is 0 Å². The van der Waals surface area contributed by atoms with Crippen LogP contribution in [0.4, 0.5) is 5.69 Å². The minimum atomic E-state index is -0.187. The second-order valence-corrected chi connectivity index (χ2v) is 8.15. The summed E-state index contributed by atoms with van der Waals surface area (Å²) in [5.74, 6) is 0.440. The van der Waals surface area contributed by atoms with Gasteiger partial charge in [0.2, 0.25) is 0 Å². The minimum absolute atomic E-state index is 0.0884. The zero-order valence-corrected chi connectivity index (χ0v) is 16.5. The summed E-state index contributed by atoms with van der Waals surface area (Å²) in [7, 11) is 2.03. The van der Waals surface area contributed by atoms with E-state index in [4.69, 9.17) is 0 Å². The molecule has 0 atom stereocenters. The Morgan fingerprint density at radius 1 is 1.11 bits per heavy atom. The summed E-state index contributed by atoms with van der Waals surface area (Å²) in [6, 6.07) is 16.2. The highest BCUT2D eigenvalue weighted by molar-refractivity contribution is 8.00. The summed E-state index contributed by atoms with van der Waals surface area (Å²) in [5, 5.41) is 1.82. The summed E-state index contributed by atoms with van der Waals surface area (Å²) in [4.78, 5) is 23.5. The van der Waals surface area contributed by atoms with Crippen LogP contribution in [0, 0.1) is 0 Å². The smallest absolute Gasteiger partial charge is 0.167 e. The molecule has 0 aliphatic carbocycles. The van der Waals surface area contributed by atoms with Gasteiger partial charge in [0.05, 0.1) is 11.3 Å². The van der Waals surface area contributed by atoms with Gasteiger partial charge in [-0.05, 0) is 17.7 Å². The van der Waals surface area contributed by atoms with E-state index in [2.05, 4.69) is 46.9 Å². The van der Waals surface area contributed by atoms with E-state index >= 15 is 0 Å². The Bertz CT molecular complexity index is 1050. The van der Waals surface area contributed by atoms with Gasteiger partial charge >= 0.3 is 0 Å². The molecule has 4 nitrogen and oxygen atoms in total. The van der Waals surface area contributed by atoms with Gasteiger partial charge in [-0.2, -0.15) is 0 Å². The van der Waals surface area contributed by atoms with Crippen molar-refractivity contribution in [2.24, 2.45) is 0 Å². The van der Waals surface area contributed by atoms with Gasteiger partial charge in [0.1, 0.15) is 11.4 Å². The Morgan fingerprint density at radius 3 is 2.67 bits per heavy atom. The van der Waals surface area contributed by atoms with Crippen LogP contribution in [-0.2, 0) is 10.2 Å². The summed E-state index contributed by atoms with van der Waals surface area (Å²) >= 11 is 1.46. The van der Waals surface area contributed by atoms with Gasteiger partial charge in [0.25, 0.3) is 0 Å². The molecule has 2 heterocycles. The van der Waals surface area contributed by atoms with E-state index in [-0.39, 0.29) is 11.2 Å². The Balaban J connectivity index is 1.56. The predicted octanol–water partition coefficient (Wildman–Crippen LogP) is 4.60. The molecular formula is C22H21N3OS. The highest BCUT2D eigenvalue weighted by Crippen LogP contribution is 2.46. The molecule has 0 radical (unpaired) electrons. The van der Waals surface area contributed by atoms with Crippen molar-refractivity contribution >= 4 is 34.1 Å². The summed E-state index contributed by atoms with van der Waals surface area (Å²) < 4.78 is 0. The molecule has 0 bridgehead atoms. The lowest BCUT2D eigenvalue weighted by Crippen LogP contribution is -2.24. The van der Waals surface area contributed by atoms with Crippen LogP contribution >= 0.6 is 11.8 Å². The normalized spacial score (nSPS) is 16.7. The number of carbonyl (C=O) groups is 1. The highest BCUT2D eigenvalue weighted by Gasteiger charge is 2.38. The first kappa shape index (κ1) is 17.7. The maximum Gasteiger partial charge on any atom is 0.167 e. The second kappa shape index (κ2) is 6.82. The molecule has 1 aromatic heterocycles. The van der Waals surface area contributed by atoms with Gasteiger partial charge in [-0.25, -0.2) is 9.97 Å². The average molecular weight is 375 g/mol. The maximum atomic E-state index is 12.7. The molecule has 0 amide bonds. The fourth-order valence-electron chi connectivity index (χ4n) is 3.69. The number of carbonyl (C=O) groups excluding carboxylic acids is 1. The van der Waals surface area contributed by atoms with Crippen molar-refractivity contribution in [3.63, 3.8) is 0 Å². The largest absolute Gasteiger partial charge is 0.347 e. The zero-order valence-electron chi connectivity index (χ0n) is 15.6. The lowest BCUT2D eigenvalue weighted by molar-refractivity contribution is -0.112. The standard InChI is InChI=1S/C22H21N3OS/c1-22(2)17-9-5-7-11-19(17)25(3)20(22)12-15(26)13-27-21-16-8-4-6-10-18(16)23-14-24-21/h4-12,14H,13H2,1-3H3. The molecule has 5 heteroatoms. The number of fused-ring (bicyclic) bond motifs is 2. The molecule has 0 fully saturated rings. The van der Waals surface area contributed by atoms with Crippen LogP contribution in [-0.4, -0.2) is 28.6 Å². The number of ketones is 1. The third-order valence-electron chi connectivity index (χ3n) is 5.10. The monoisotopic (exact) mass is 375 g/mol. The first-order chi connectivity index (χ1) is 13.0. The number of thioether (sulfide) groups is 1. The van der Waals surface area contributed by atoms with Crippen molar-refractivity contribution < 1.29 is 4.79 Å². The van der Waals surface area contributed by atoms with Gasteiger partial charge < -0.3 is 4.90 Å². The number of allylic oxidation sites excluding steroid dienone is 2. The number of para-hydroxylation sites is 2. The minimum Gasteiger partial charge on any atom is -0.347 e. The van der Waals surface area contributed by atoms with Crippen LogP contribution in [0.3, 0.4) is 0 Å². The number of hydrogen-bond acceptors (Lipinski definition) is 5. The van der Waals surface area contributed by atoms with Crippen LogP contribution in [0.25, 0.3) is 10.9 Å². The Morgan fingerprint density at radius 2 is 1.85 bits per heavy atom. The van der Waals surface area contributed by atoms with E-state index in [1.807, 2.05) is 37.4 Å². The molecule has 4 rings (SSSR count). The average Bonchev–Trinajstić information content (AvgIpc) is 2.87. The number of aromatic nitrogens is 2. The van der Waals surface area contributed by atoms with Gasteiger partial charge in [0, 0.05) is 35.3 Å². The van der Waals surface area contributed by atoms with E-state index in [1.165, 1.54) is 17.3 Å². The zero-order chi connectivity index (χ0) is 19.0. The van der Waals surface area contributed by atoms with Crippen molar-refractivity contribution in [1.82, 2.24) is 9.97 Å². The number of hydrogen-bond donors (Lipinski definition) is 0.